The Balaban J connectivity index is 1.60. The minimum absolute atomic E-state index is 0.0916. The predicted molar refractivity (Wildman–Crippen MR) is 120 cm³/mol. The summed E-state index contributed by atoms with van der Waals surface area (Å²) in [6, 6.07) is 17.7. The fraction of sp³-hybridized carbons (Fsp3) is 0.227. The molecule has 2 aromatic carbocycles. The molecule has 0 amide bonds. The van der Waals surface area contributed by atoms with Gasteiger partial charge in [-0.3, -0.25) is 9.47 Å². The van der Waals surface area contributed by atoms with Crippen molar-refractivity contribution in [3.05, 3.63) is 77.5 Å². The SMILES string of the molecule is CC(c1nnc(SCc2ncc(-c3ccccc3)o2)n1-c1ccc(Cl)cc1)N(C)C. The zero-order chi connectivity index (χ0) is 21.1. The Morgan fingerprint density at radius 1 is 1.07 bits per heavy atom. The molecule has 0 saturated heterocycles. The van der Waals surface area contributed by atoms with Crippen LogP contribution in [0.3, 0.4) is 0 Å². The average Bonchev–Trinajstić information content (AvgIpc) is 3.40. The lowest BCUT2D eigenvalue weighted by atomic mass is 10.2. The molecule has 4 aromatic rings. The summed E-state index contributed by atoms with van der Waals surface area (Å²) in [5.74, 6) is 2.82. The zero-order valence-corrected chi connectivity index (χ0v) is 18.6. The molecule has 2 aromatic heterocycles. The van der Waals surface area contributed by atoms with Crippen molar-refractivity contribution in [2.75, 3.05) is 14.1 Å². The van der Waals surface area contributed by atoms with E-state index in [1.165, 1.54) is 11.8 Å². The molecule has 8 heteroatoms. The fourth-order valence-electron chi connectivity index (χ4n) is 2.95. The number of halogens is 1. The van der Waals surface area contributed by atoms with Gasteiger partial charge >= 0.3 is 0 Å². The van der Waals surface area contributed by atoms with Crippen LogP contribution < -0.4 is 0 Å². The van der Waals surface area contributed by atoms with Gasteiger partial charge in [0.25, 0.3) is 0 Å². The maximum atomic E-state index is 6.09. The van der Waals surface area contributed by atoms with E-state index in [-0.39, 0.29) is 6.04 Å². The van der Waals surface area contributed by atoms with Crippen molar-refractivity contribution < 1.29 is 4.42 Å². The van der Waals surface area contributed by atoms with E-state index in [1.54, 1.807) is 6.20 Å². The maximum Gasteiger partial charge on any atom is 0.205 e. The third-order valence-corrected chi connectivity index (χ3v) is 5.99. The van der Waals surface area contributed by atoms with Crippen LogP contribution >= 0.6 is 23.4 Å². The van der Waals surface area contributed by atoms with E-state index in [4.69, 9.17) is 16.0 Å². The minimum atomic E-state index is 0.0916. The highest BCUT2D eigenvalue weighted by Gasteiger charge is 2.21. The van der Waals surface area contributed by atoms with Crippen LogP contribution in [0.15, 0.2) is 70.4 Å². The molecular formula is C22H22ClN5OS. The number of thioether (sulfide) groups is 1. The molecule has 154 valence electrons. The molecule has 0 fully saturated rings. The van der Waals surface area contributed by atoms with Gasteiger partial charge in [-0.2, -0.15) is 0 Å². The number of rotatable bonds is 7. The first kappa shape index (κ1) is 20.7. The van der Waals surface area contributed by atoms with Crippen LogP contribution in [-0.4, -0.2) is 38.7 Å². The average molecular weight is 440 g/mol. The van der Waals surface area contributed by atoms with E-state index < -0.39 is 0 Å². The lowest BCUT2D eigenvalue weighted by Crippen LogP contribution is -2.20. The van der Waals surface area contributed by atoms with E-state index in [0.717, 1.165) is 28.0 Å². The summed E-state index contributed by atoms with van der Waals surface area (Å²) < 4.78 is 7.99. The number of hydrogen-bond donors (Lipinski definition) is 0. The van der Waals surface area contributed by atoms with Gasteiger partial charge in [-0.05, 0) is 45.3 Å². The minimum Gasteiger partial charge on any atom is -0.440 e. The van der Waals surface area contributed by atoms with Crippen LogP contribution in [0.2, 0.25) is 5.02 Å². The molecule has 30 heavy (non-hydrogen) atoms. The molecule has 0 aliphatic rings. The number of nitrogens with zero attached hydrogens (tertiary/aromatic N) is 5. The van der Waals surface area contributed by atoms with Gasteiger partial charge in [0.15, 0.2) is 16.7 Å². The Kier molecular flexibility index (Phi) is 6.22. The summed E-state index contributed by atoms with van der Waals surface area (Å²) >= 11 is 7.62. The Hall–Kier alpha value is -2.61. The summed E-state index contributed by atoms with van der Waals surface area (Å²) in [6.07, 6.45) is 1.76. The van der Waals surface area contributed by atoms with E-state index in [0.29, 0.717) is 16.7 Å². The molecule has 4 rings (SSSR count). The molecule has 0 saturated carbocycles. The molecule has 0 spiro atoms. The maximum absolute atomic E-state index is 6.09. The lowest BCUT2D eigenvalue weighted by molar-refractivity contribution is 0.305. The number of benzene rings is 2. The molecule has 6 nitrogen and oxygen atoms in total. The largest absolute Gasteiger partial charge is 0.440 e. The Bertz CT molecular complexity index is 1110. The molecule has 0 aliphatic carbocycles. The van der Waals surface area contributed by atoms with Crippen molar-refractivity contribution in [3.63, 3.8) is 0 Å². The second kappa shape index (κ2) is 9.04. The highest BCUT2D eigenvalue weighted by molar-refractivity contribution is 7.98. The van der Waals surface area contributed by atoms with Crippen LogP contribution in [-0.2, 0) is 5.75 Å². The number of hydrogen-bond acceptors (Lipinski definition) is 6. The first-order valence-electron chi connectivity index (χ1n) is 9.53. The molecule has 0 bridgehead atoms. The van der Waals surface area contributed by atoms with Gasteiger partial charge in [-0.15, -0.1) is 10.2 Å². The van der Waals surface area contributed by atoms with Crippen LogP contribution in [0.5, 0.6) is 0 Å². The van der Waals surface area contributed by atoms with E-state index in [2.05, 4.69) is 31.6 Å². The molecular weight excluding hydrogens is 418 g/mol. The molecule has 0 N–H and O–H groups in total. The molecule has 1 atom stereocenters. The standard InChI is InChI=1S/C22H22ClN5OS/c1-15(27(2)3)21-25-26-22(28(21)18-11-9-17(23)10-12-18)30-14-20-24-13-19(29-20)16-7-5-4-6-8-16/h4-13,15H,14H2,1-3H3. The summed E-state index contributed by atoms with van der Waals surface area (Å²) in [5.41, 5.74) is 1.97. The number of oxazole rings is 1. The zero-order valence-electron chi connectivity index (χ0n) is 17.0. The van der Waals surface area contributed by atoms with Gasteiger partial charge in [0.05, 0.1) is 18.0 Å². The molecule has 1 unspecified atom stereocenters. The Labute approximate surface area is 184 Å². The van der Waals surface area contributed by atoms with E-state index >= 15 is 0 Å². The third kappa shape index (κ3) is 4.43. The Morgan fingerprint density at radius 3 is 2.50 bits per heavy atom. The molecule has 0 radical (unpaired) electrons. The van der Waals surface area contributed by atoms with Gasteiger partial charge in [0, 0.05) is 16.3 Å². The van der Waals surface area contributed by atoms with Crippen LogP contribution in [0.4, 0.5) is 0 Å². The monoisotopic (exact) mass is 439 g/mol. The quantitative estimate of drug-likeness (QED) is 0.355. The van der Waals surface area contributed by atoms with Gasteiger partial charge in [0.2, 0.25) is 5.89 Å². The summed E-state index contributed by atoms with van der Waals surface area (Å²) in [6.45, 7) is 2.10. The van der Waals surface area contributed by atoms with Gasteiger partial charge in [-0.25, -0.2) is 4.98 Å². The van der Waals surface area contributed by atoms with Crippen molar-refractivity contribution >= 4 is 23.4 Å². The summed E-state index contributed by atoms with van der Waals surface area (Å²) in [5, 5.41) is 10.4. The summed E-state index contributed by atoms with van der Waals surface area (Å²) in [7, 11) is 4.05. The second-order valence-electron chi connectivity index (χ2n) is 7.07. The van der Waals surface area contributed by atoms with Crippen molar-refractivity contribution in [1.29, 1.82) is 0 Å². The van der Waals surface area contributed by atoms with Crippen molar-refractivity contribution in [2.24, 2.45) is 0 Å². The van der Waals surface area contributed by atoms with Gasteiger partial charge < -0.3 is 4.42 Å². The van der Waals surface area contributed by atoms with Crippen LogP contribution in [0.25, 0.3) is 17.0 Å². The number of aromatic nitrogens is 4. The Morgan fingerprint density at radius 2 is 1.80 bits per heavy atom. The predicted octanol–water partition coefficient (Wildman–Crippen LogP) is 5.49. The third-order valence-electron chi connectivity index (χ3n) is 4.83. The van der Waals surface area contributed by atoms with Crippen molar-refractivity contribution in [2.45, 2.75) is 23.9 Å². The van der Waals surface area contributed by atoms with Gasteiger partial charge in [-0.1, -0.05) is 53.7 Å². The fourth-order valence-corrected chi connectivity index (χ4v) is 3.89. The smallest absolute Gasteiger partial charge is 0.205 e. The second-order valence-corrected chi connectivity index (χ2v) is 8.44. The first-order chi connectivity index (χ1) is 14.5. The van der Waals surface area contributed by atoms with E-state index in [9.17, 15) is 0 Å². The molecule has 0 aliphatic heterocycles. The van der Waals surface area contributed by atoms with Gasteiger partial charge in [0.1, 0.15) is 0 Å². The van der Waals surface area contributed by atoms with Crippen LogP contribution in [0.1, 0.15) is 24.7 Å². The summed E-state index contributed by atoms with van der Waals surface area (Å²) in [4.78, 5) is 6.52. The highest BCUT2D eigenvalue weighted by Crippen LogP contribution is 2.30. The van der Waals surface area contributed by atoms with E-state index in [1.807, 2.05) is 68.7 Å². The first-order valence-corrected chi connectivity index (χ1v) is 10.9. The lowest BCUT2D eigenvalue weighted by Gasteiger charge is -2.20. The van der Waals surface area contributed by atoms with Crippen molar-refractivity contribution in [3.8, 4) is 17.0 Å². The highest BCUT2D eigenvalue weighted by atomic mass is 35.5. The molecule has 2 heterocycles. The van der Waals surface area contributed by atoms with Crippen molar-refractivity contribution in [1.82, 2.24) is 24.6 Å². The topological polar surface area (TPSA) is 60.0 Å². The van der Waals surface area contributed by atoms with Crippen LogP contribution in [0, 0.1) is 0 Å². The normalized spacial score (nSPS) is 12.4.